The number of halogens is 3. The topological polar surface area (TPSA) is 67.4 Å². The second-order valence-electron chi connectivity index (χ2n) is 5.69. The summed E-state index contributed by atoms with van der Waals surface area (Å²) < 4.78 is 41.9. The largest absolute Gasteiger partial charge is 0.471 e. The zero-order valence-electron chi connectivity index (χ0n) is 11.6. The molecule has 8 heteroatoms. The van der Waals surface area contributed by atoms with Crippen molar-refractivity contribution < 1.29 is 27.5 Å². The van der Waals surface area contributed by atoms with Crippen LogP contribution in [-0.2, 0) is 14.3 Å². The summed E-state index contributed by atoms with van der Waals surface area (Å²) in [6, 6.07) is -1.89. The van der Waals surface area contributed by atoms with Crippen LogP contribution >= 0.6 is 0 Å². The summed E-state index contributed by atoms with van der Waals surface area (Å²) >= 11 is 0. The van der Waals surface area contributed by atoms with Gasteiger partial charge in [-0.25, -0.2) is 0 Å². The van der Waals surface area contributed by atoms with Crippen LogP contribution in [0.5, 0.6) is 0 Å². The van der Waals surface area contributed by atoms with Gasteiger partial charge >= 0.3 is 18.1 Å². The van der Waals surface area contributed by atoms with Gasteiger partial charge in [-0.15, -0.1) is 0 Å². The molecule has 2 N–H and O–H groups in total. The maximum atomic E-state index is 12.3. The van der Waals surface area contributed by atoms with Gasteiger partial charge in [0.25, 0.3) is 0 Å². The maximum Gasteiger partial charge on any atom is 0.471 e. The number of rotatable bonds is 2. The molecule has 116 valence electrons. The highest BCUT2D eigenvalue weighted by molar-refractivity contribution is 5.84. The van der Waals surface area contributed by atoms with E-state index in [1.54, 1.807) is 20.8 Å². The van der Waals surface area contributed by atoms with Crippen molar-refractivity contribution in [1.82, 2.24) is 10.6 Å². The van der Waals surface area contributed by atoms with Gasteiger partial charge in [0.1, 0.15) is 11.6 Å². The molecule has 0 radical (unpaired) electrons. The molecule has 0 spiro atoms. The van der Waals surface area contributed by atoms with Crippen LogP contribution < -0.4 is 10.6 Å². The summed E-state index contributed by atoms with van der Waals surface area (Å²) in [6.45, 7) is 5.48. The van der Waals surface area contributed by atoms with Crippen molar-refractivity contribution in [3.8, 4) is 0 Å². The number of alkyl halides is 3. The number of carbonyl (C=O) groups is 2. The van der Waals surface area contributed by atoms with Crippen molar-refractivity contribution in [2.24, 2.45) is 0 Å². The lowest BCUT2D eigenvalue weighted by Gasteiger charge is -2.33. The van der Waals surface area contributed by atoms with E-state index in [-0.39, 0.29) is 0 Å². The van der Waals surface area contributed by atoms with E-state index in [2.05, 4.69) is 5.32 Å². The number of amides is 1. The smallest absolute Gasteiger partial charge is 0.459 e. The Morgan fingerprint density at radius 2 is 1.85 bits per heavy atom. The molecule has 1 aliphatic heterocycles. The first kappa shape index (κ1) is 16.7. The number of carbonyl (C=O) groups excluding carboxylic acids is 2. The van der Waals surface area contributed by atoms with Crippen LogP contribution in [0.4, 0.5) is 13.2 Å². The molecule has 1 aliphatic rings. The van der Waals surface area contributed by atoms with Crippen molar-refractivity contribution in [3.05, 3.63) is 0 Å². The maximum absolute atomic E-state index is 12.3. The highest BCUT2D eigenvalue weighted by Crippen LogP contribution is 2.18. The molecule has 2 atom stereocenters. The quantitative estimate of drug-likeness (QED) is 0.750. The predicted octanol–water partition coefficient (Wildman–Crippen LogP) is 1.13. The van der Waals surface area contributed by atoms with Gasteiger partial charge in [0.05, 0.1) is 6.04 Å². The van der Waals surface area contributed by atoms with Crippen LogP contribution in [0.3, 0.4) is 0 Å². The minimum atomic E-state index is -4.96. The Morgan fingerprint density at radius 1 is 1.25 bits per heavy atom. The number of piperidine rings is 1. The van der Waals surface area contributed by atoms with E-state index in [4.69, 9.17) is 4.74 Å². The van der Waals surface area contributed by atoms with E-state index in [0.29, 0.717) is 19.4 Å². The average Bonchev–Trinajstić information content (AvgIpc) is 2.25. The van der Waals surface area contributed by atoms with Gasteiger partial charge in [-0.3, -0.25) is 9.59 Å². The summed E-state index contributed by atoms with van der Waals surface area (Å²) in [5.74, 6) is -2.70. The van der Waals surface area contributed by atoms with Gasteiger partial charge in [-0.05, 0) is 40.2 Å². The molecule has 5 nitrogen and oxygen atoms in total. The molecule has 0 aromatic rings. The van der Waals surface area contributed by atoms with Crippen LogP contribution in [0.15, 0.2) is 0 Å². The number of hydrogen-bond donors (Lipinski definition) is 2. The third-order valence-corrected chi connectivity index (χ3v) is 2.69. The summed E-state index contributed by atoms with van der Waals surface area (Å²) in [7, 11) is 0. The van der Waals surface area contributed by atoms with Crippen LogP contribution in [0.2, 0.25) is 0 Å². The lowest BCUT2D eigenvalue weighted by molar-refractivity contribution is -0.175. The fourth-order valence-corrected chi connectivity index (χ4v) is 1.91. The molecule has 1 fully saturated rings. The summed E-state index contributed by atoms with van der Waals surface area (Å²) in [4.78, 5) is 22.9. The molecular formula is C12H19F3N2O3. The second kappa shape index (κ2) is 5.99. The molecule has 0 aromatic carbocycles. The van der Waals surface area contributed by atoms with Gasteiger partial charge < -0.3 is 15.4 Å². The van der Waals surface area contributed by atoms with Crippen LogP contribution in [0, 0.1) is 0 Å². The highest BCUT2D eigenvalue weighted by atomic mass is 19.4. The second-order valence-corrected chi connectivity index (χ2v) is 5.69. The number of nitrogens with one attached hydrogen (secondary N) is 2. The highest BCUT2D eigenvalue weighted by Gasteiger charge is 2.43. The Balaban J connectivity index is 2.72. The monoisotopic (exact) mass is 296 g/mol. The molecule has 0 bridgehead atoms. The van der Waals surface area contributed by atoms with Gasteiger partial charge in [0, 0.05) is 0 Å². The Hall–Kier alpha value is -1.31. The van der Waals surface area contributed by atoms with Crippen LogP contribution in [0.25, 0.3) is 0 Å². The van der Waals surface area contributed by atoms with Crippen molar-refractivity contribution in [3.63, 3.8) is 0 Å². The van der Waals surface area contributed by atoms with Crippen LogP contribution in [-0.4, -0.2) is 42.3 Å². The molecule has 0 aliphatic carbocycles. The molecule has 0 unspecified atom stereocenters. The zero-order chi connectivity index (χ0) is 15.6. The van der Waals surface area contributed by atoms with E-state index in [0.717, 1.165) is 0 Å². The molecule has 20 heavy (non-hydrogen) atoms. The third-order valence-electron chi connectivity index (χ3n) is 2.69. The molecule has 1 rings (SSSR count). The van der Waals surface area contributed by atoms with E-state index >= 15 is 0 Å². The Labute approximate surface area is 115 Å². The van der Waals surface area contributed by atoms with E-state index in [9.17, 15) is 22.8 Å². The van der Waals surface area contributed by atoms with Crippen molar-refractivity contribution >= 4 is 11.9 Å². The van der Waals surface area contributed by atoms with Crippen molar-refractivity contribution in [2.45, 2.75) is 57.5 Å². The lowest BCUT2D eigenvalue weighted by atomic mass is 9.98. The minimum Gasteiger partial charge on any atom is -0.459 e. The molecule has 0 aromatic heterocycles. The van der Waals surface area contributed by atoms with E-state index in [1.165, 1.54) is 0 Å². The third kappa shape index (κ3) is 4.99. The van der Waals surface area contributed by atoms with Crippen molar-refractivity contribution in [1.29, 1.82) is 0 Å². The summed E-state index contributed by atoms with van der Waals surface area (Å²) in [5.41, 5.74) is -0.741. The SMILES string of the molecule is CC(C)(C)OC(=O)[C@H]1NCCC[C@@H]1NC(=O)C(F)(F)F. The van der Waals surface area contributed by atoms with E-state index < -0.39 is 35.7 Å². The van der Waals surface area contributed by atoms with Gasteiger partial charge in [0.15, 0.2) is 0 Å². The molecule has 1 amide bonds. The van der Waals surface area contributed by atoms with Crippen LogP contribution in [0.1, 0.15) is 33.6 Å². The normalized spacial score (nSPS) is 24.1. The standard InChI is InChI=1S/C12H19F3N2O3/c1-11(2,3)20-9(18)8-7(5-4-6-16-8)17-10(19)12(13,14)15/h7-8,16H,4-6H2,1-3H3,(H,17,19)/t7-,8-/m0/s1. The van der Waals surface area contributed by atoms with Gasteiger partial charge in [-0.2, -0.15) is 13.2 Å². The van der Waals surface area contributed by atoms with Gasteiger partial charge in [0.2, 0.25) is 0 Å². The fourth-order valence-electron chi connectivity index (χ4n) is 1.91. The number of ether oxygens (including phenoxy) is 1. The molecule has 1 heterocycles. The zero-order valence-corrected chi connectivity index (χ0v) is 11.6. The van der Waals surface area contributed by atoms with Gasteiger partial charge in [-0.1, -0.05) is 0 Å². The first-order valence-electron chi connectivity index (χ1n) is 6.34. The summed E-state index contributed by atoms with van der Waals surface area (Å²) in [6.07, 6.45) is -4.10. The minimum absolute atomic E-state index is 0.290. The molecular weight excluding hydrogens is 277 g/mol. The average molecular weight is 296 g/mol. The Morgan fingerprint density at radius 3 is 2.35 bits per heavy atom. The number of esters is 1. The lowest BCUT2D eigenvalue weighted by Crippen LogP contribution is -2.59. The van der Waals surface area contributed by atoms with Crippen molar-refractivity contribution in [2.75, 3.05) is 6.54 Å². The Bertz CT molecular complexity index is 377. The Kier molecular flexibility index (Phi) is 5.01. The predicted molar refractivity (Wildman–Crippen MR) is 64.9 cm³/mol. The molecule has 0 saturated carbocycles. The first-order valence-corrected chi connectivity index (χ1v) is 6.34. The fraction of sp³-hybridized carbons (Fsp3) is 0.833. The number of hydrogen-bond acceptors (Lipinski definition) is 4. The first-order chi connectivity index (χ1) is 9.00. The summed E-state index contributed by atoms with van der Waals surface area (Å²) in [5, 5.41) is 4.64. The molecule has 1 saturated heterocycles. The van der Waals surface area contributed by atoms with E-state index in [1.807, 2.05) is 5.32 Å².